The lowest BCUT2D eigenvalue weighted by molar-refractivity contribution is -0.138. The van der Waals surface area contributed by atoms with E-state index in [1.807, 2.05) is 36.4 Å². The molecule has 0 radical (unpaired) electrons. The molecule has 1 unspecified atom stereocenters. The molecule has 21 heavy (non-hydrogen) atoms. The Balaban J connectivity index is 2.20. The Bertz CT molecular complexity index is 600. The van der Waals surface area contributed by atoms with Gasteiger partial charge in [-0.2, -0.15) is 0 Å². The third-order valence-electron chi connectivity index (χ3n) is 3.66. The largest absolute Gasteiger partial charge is 0.481 e. The van der Waals surface area contributed by atoms with Crippen molar-refractivity contribution in [2.75, 3.05) is 0 Å². The van der Waals surface area contributed by atoms with Crippen LogP contribution in [0.3, 0.4) is 0 Å². The van der Waals surface area contributed by atoms with E-state index in [0.717, 1.165) is 15.6 Å². The summed E-state index contributed by atoms with van der Waals surface area (Å²) in [5.74, 6) is -0.811. The summed E-state index contributed by atoms with van der Waals surface area (Å²) in [4.78, 5) is 11.6. The molecule has 0 heterocycles. The van der Waals surface area contributed by atoms with Crippen LogP contribution < -0.4 is 0 Å². The fraction of sp³-hybridized carbons (Fsp3) is 0.278. The van der Waals surface area contributed by atoms with E-state index in [-0.39, 0.29) is 0 Å². The van der Waals surface area contributed by atoms with Crippen molar-refractivity contribution in [1.29, 1.82) is 0 Å². The van der Waals surface area contributed by atoms with E-state index < -0.39 is 11.9 Å². The zero-order chi connectivity index (χ0) is 15.4. The van der Waals surface area contributed by atoms with Gasteiger partial charge in [0, 0.05) is 4.47 Å². The van der Waals surface area contributed by atoms with Gasteiger partial charge in [0.25, 0.3) is 0 Å². The average molecular weight is 347 g/mol. The molecule has 0 amide bonds. The third kappa shape index (κ3) is 4.18. The number of hydrogen-bond donors (Lipinski definition) is 1. The van der Waals surface area contributed by atoms with Crippen LogP contribution in [0.2, 0.25) is 0 Å². The van der Waals surface area contributed by atoms with E-state index in [1.165, 1.54) is 5.56 Å². The molecule has 0 aromatic heterocycles. The van der Waals surface area contributed by atoms with Crippen molar-refractivity contribution in [3.8, 4) is 0 Å². The van der Waals surface area contributed by atoms with Crippen LogP contribution in [0.25, 0.3) is 0 Å². The van der Waals surface area contributed by atoms with Crippen molar-refractivity contribution in [2.45, 2.75) is 32.1 Å². The molecule has 1 N–H and O–H groups in total. The Morgan fingerprint density at radius 2 is 1.52 bits per heavy atom. The second-order valence-electron chi connectivity index (χ2n) is 5.54. The first kappa shape index (κ1) is 15.8. The highest BCUT2D eigenvalue weighted by molar-refractivity contribution is 9.10. The lowest BCUT2D eigenvalue weighted by Gasteiger charge is -2.14. The Kier molecular flexibility index (Phi) is 5.18. The van der Waals surface area contributed by atoms with E-state index in [4.69, 9.17) is 0 Å². The molecule has 0 aliphatic rings. The van der Waals surface area contributed by atoms with Gasteiger partial charge in [-0.05, 0) is 41.2 Å². The second kappa shape index (κ2) is 6.90. The van der Waals surface area contributed by atoms with Crippen molar-refractivity contribution in [3.05, 3.63) is 69.7 Å². The summed E-state index contributed by atoms with van der Waals surface area (Å²) in [5.41, 5.74) is 3.16. The number of aliphatic carboxylic acids is 1. The molecule has 2 aromatic carbocycles. The first-order valence-electron chi connectivity index (χ1n) is 7.04. The lowest BCUT2D eigenvalue weighted by Crippen LogP contribution is -2.14. The van der Waals surface area contributed by atoms with Crippen LogP contribution in [0.1, 0.15) is 42.4 Å². The molecule has 2 rings (SSSR count). The second-order valence-corrected chi connectivity index (χ2v) is 6.46. The molecule has 0 spiro atoms. The van der Waals surface area contributed by atoms with Gasteiger partial charge in [0.1, 0.15) is 0 Å². The average Bonchev–Trinajstić information content (AvgIpc) is 2.46. The summed E-state index contributed by atoms with van der Waals surface area (Å²) in [7, 11) is 0. The minimum absolute atomic E-state index is 0.487. The highest BCUT2D eigenvalue weighted by Gasteiger charge is 2.20. The van der Waals surface area contributed by atoms with Gasteiger partial charge in [0.2, 0.25) is 0 Å². The maximum absolute atomic E-state index is 11.6. The highest BCUT2D eigenvalue weighted by Crippen LogP contribution is 2.24. The quantitative estimate of drug-likeness (QED) is 0.828. The third-order valence-corrected chi connectivity index (χ3v) is 4.19. The zero-order valence-electron chi connectivity index (χ0n) is 12.2. The summed E-state index contributed by atoms with van der Waals surface area (Å²) >= 11 is 3.37. The maximum atomic E-state index is 11.6. The Morgan fingerprint density at radius 3 is 2.00 bits per heavy atom. The van der Waals surface area contributed by atoms with E-state index in [2.05, 4.69) is 41.9 Å². The van der Waals surface area contributed by atoms with Crippen LogP contribution in [-0.2, 0) is 11.2 Å². The molecule has 110 valence electrons. The predicted octanol–water partition coefficient (Wildman–Crippen LogP) is 4.98. The van der Waals surface area contributed by atoms with Gasteiger partial charge >= 0.3 is 5.97 Å². The van der Waals surface area contributed by atoms with E-state index >= 15 is 0 Å². The molecule has 2 nitrogen and oxygen atoms in total. The normalized spacial score (nSPS) is 12.4. The number of carbonyl (C=O) groups is 1. The summed E-state index contributed by atoms with van der Waals surface area (Å²) in [6.07, 6.45) is 0.509. The number of carboxylic acids is 1. The van der Waals surface area contributed by atoms with Crippen LogP contribution >= 0.6 is 15.9 Å². The van der Waals surface area contributed by atoms with Crippen LogP contribution in [0.5, 0.6) is 0 Å². The van der Waals surface area contributed by atoms with Gasteiger partial charge in [0.15, 0.2) is 0 Å². The molecule has 0 saturated heterocycles. The van der Waals surface area contributed by atoms with Crippen molar-refractivity contribution in [3.63, 3.8) is 0 Å². The van der Waals surface area contributed by atoms with E-state index in [1.54, 1.807) is 0 Å². The molecule has 1 atom stereocenters. The summed E-state index contributed by atoms with van der Waals surface area (Å²) in [6.45, 7) is 4.30. The molecule has 0 bridgehead atoms. The zero-order valence-corrected chi connectivity index (χ0v) is 13.8. The fourth-order valence-corrected chi connectivity index (χ4v) is 2.58. The Hall–Kier alpha value is -1.61. The number of hydrogen-bond acceptors (Lipinski definition) is 1. The topological polar surface area (TPSA) is 37.3 Å². The molecule has 0 aliphatic carbocycles. The van der Waals surface area contributed by atoms with Gasteiger partial charge in [-0.1, -0.05) is 66.2 Å². The molecule has 0 fully saturated rings. The Labute approximate surface area is 134 Å². The number of benzene rings is 2. The SMILES string of the molecule is CC(C)c1ccc(CC(C(=O)O)c2ccc(Br)cc2)cc1. The summed E-state index contributed by atoms with van der Waals surface area (Å²) in [5, 5.41) is 9.49. The van der Waals surface area contributed by atoms with Crippen LogP contribution in [-0.4, -0.2) is 11.1 Å². The van der Waals surface area contributed by atoms with Crippen molar-refractivity contribution in [1.82, 2.24) is 0 Å². The standard InChI is InChI=1S/C18H19BrO2/c1-12(2)14-5-3-13(4-6-14)11-17(18(20)21)15-7-9-16(19)10-8-15/h3-10,12,17H,11H2,1-2H3,(H,20,21). The van der Waals surface area contributed by atoms with Gasteiger partial charge < -0.3 is 5.11 Å². The van der Waals surface area contributed by atoms with Crippen molar-refractivity contribution < 1.29 is 9.90 Å². The molecule has 3 heteroatoms. The van der Waals surface area contributed by atoms with E-state index in [9.17, 15) is 9.90 Å². The smallest absolute Gasteiger partial charge is 0.311 e. The van der Waals surface area contributed by atoms with Crippen LogP contribution in [0.4, 0.5) is 0 Å². The summed E-state index contributed by atoms with van der Waals surface area (Å²) < 4.78 is 0.955. The van der Waals surface area contributed by atoms with Crippen LogP contribution in [0.15, 0.2) is 53.0 Å². The number of rotatable bonds is 5. The van der Waals surface area contributed by atoms with Gasteiger partial charge in [0.05, 0.1) is 5.92 Å². The lowest BCUT2D eigenvalue weighted by atomic mass is 9.91. The number of carboxylic acid groups (broad SMARTS) is 1. The van der Waals surface area contributed by atoms with Gasteiger partial charge in [-0.25, -0.2) is 0 Å². The fourth-order valence-electron chi connectivity index (χ4n) is 2.32. The molecule has 2 aromatic rings. The Morgan fingerprint density at radius 1 is 1.00 bits per heavy atom. The van der Waals surface area contributed by atoms with E-state index in [0.29, 0.717) is 12.3 Å². The number of halogens is 1. The summed E-state index contributed by atoms with van der Waals surface area (Å²) in [6, 6.07) is 15.7. The minimum Gasteiger partial charge on any atom is -0.481 e. The minimum atomic E-state index is -0.787. The first-order chi connectivity index (χ1) is 9.97. The monoisotopic (exact) mass is 346 g/mol. The van der Waals surface area contributed by atoms with Gasteiger partial charge in [-0.3, -0.25) is 4.79 Å². The van der Waals surface area contributed by atoms with Crippen molar-refractivity contribution >= 4 is 21.9 Å². The predicted molar refractivity (Wildman–Crippen MR) is 88.8 cm³/mol. The van der Waals surface area contributed by atoms with Gasteiger partial charge in [-0.15, -0.1) is 0 Å². The first-order valence-corrected chi connectivity index (χ1v) is 7.83. The molecular formula is C18H19BrO2. The molecule has 0 saturated carbocycles. The van der Waals surface area contributed by atoms with Crippen LogP contribution in [0, 0.1) is 0 Å². The maximum Gasteiger partial charge on any atom is 0.311 e. The molecule has 0 aliphatic heterocycles. The molecular weight excluding hydrogens is 328 g/mol. The highest BCUT2D eigenvalue weighted by atomic mass is 79.9. The van der Waals surface area contributed by atoms with Crippen molar-refractivity contribution in [2.24, 2.45) is 0 Å².